The van der Waals surface area contributed by atoms with Crippen LogP contribution in [0.15, 0.2) is 24.3 Å². The summed E-state index contributed by atoms with van der Waals surface area (Å²) in [6.45, 7) is 0. The first-order chi connectivity index (χ1) is 7.13. The van der Waals surface area contributed by atoms with E-state index in [1.54, 1.807) is 10.6 Å². The normalized spacial score (nSPS) is 10.5. The van der Waals surface area contributed by atoms with Crippen molar-refractivity contribution in [3.63, 3.8) is 0 Å². The van der Waals surface area contributed by atoms with Crippen molar-refractivity contribution in [3.8, 4) is 0 Å². The summed E-state index contributed by atoms with van der Waals surface area (Å²) in [5, 5.41) is 0.979. The maximum Gasteiger partial charge on any atom is 0.354 e. The topological polar surface area (TPSA) is 57.2 Å². The summed E-state index contributed by atoms with van der Waals surface area (Å²) < 4.78 is 6.46. The molecule has 0 aliphatic heterocycles. The molecule has 0 amide bonds. The van der Waals surface area contributed by atoms with Crippen LogP contribution in [0.2, 0.25) is 0 Å². The monoisotopic (exact) mass is 204 g/mol. The summed E-state index contributed by atoms with van der Waals surface area (Å²) in [4.78, 5) is 11.4. The van der Waals surface area contributed by atoms with Crippen molar-refractivity contribution in [3.05, 3.63) is 30.0 Å². The molecule has 15 heavy (non-hydrogen) atoms. The van der Waals surface area contributed by atoms with Gasteiger partial charge in [0, 0.05) is 18.1 Å². The van der Waals surface area contributed by atoms with Gasteiger partial charge in [-0.15, -0.1) is 0 Å². The highest BCUT2D eigenvalue weighted by Gasteiger charge is 2.13. The zero-order valence-electron chi connectivity index (χ0n) is 8.65. The molecule has 1 aromatic carbocycles. The number of carbonyl (C=O) groups excluding carboxylic acids is 1. The Labute approximate surface area is 87.2 Å². The average Bonchev–Trinajstić information content (AvgIpc) is 2.55. The van der Waals surface area contributed by atoms with Gasteiger partial charge in [0.25, 0.3) is 0 Å². The molecule has 2 rings (SSSR count). The number of nitrogens with zero attached hydrogens (tertiary/aromatic N) is 1. The summed E-state index contributed by atoms with van der Waals surface area (Å²) >= 11 is 0. The Morgan fingerprint density at radius 3 is 2.80 bits per heavy atom. The molecule has 2 N–H and O–H groups in total. The number of nitrogens with two attached hydrogens (primary N) is 1. The van der Waals surface area contributed by atoms with Crippen LogP contribution in [0.1, 0.15) is 10.5 Å². The van der Waals surface area contributed by atoms with Gasteiger partial charge in [-0.3, -0.25) is 0 Å². The Kier molecular flexibility index (Phi) is 2.11. The molecule has 1 heterocycles. The summed E-state index contributed by atoms with van der Waals surface area (Å²) in [7, 11) is 3.18. The van der Waals surface area contributed by atoms with Crippen LogP contribution in [0.5, 0.6) is 0 Å². The lowest BCUT2D eigenvalue weighted by atomic mass is 10.2. The number of methoxy groups -OCH3 is 1. The molecular formula is C11H12N2O2. The highest BCUT2D eigenvalue weighted by molar-refractivity contribution is 5.96. The molecule has 4 heteroatoms. The Morgan fingerprint density at radius 1 is 1.40 bits per heavy atom. The van der Waals surface area contributed by atoms with Crippen molar-refractivity contribution in [2.45, 2.75) is 0 Å². The number of hydrogen-bond acceptors (Lipinski definition) is 3. The van der Waals surface area contributed by atoms with Gasteiger partial charge in [-0.25, -0.2) is 4.79 Å². The van der Waals surface area contributed by atoms with Gasteiger partial charge in [-0.1, -0.05) is 6.07 Å². The number of fused-ring (bicyclic) bond motifs is 1. The minimum atomic E-state index is -0.340. The second-order valence-corrected chi connectivity index (χ2v) is 3.40. The summed E-state index contributed by atoms with van der Waals surface area (Å²) in [6, 6.07) is 7.32. The Balaban J connectivity index is 2.69. The largest absolute Gasteiger partial charge is 0.464 e. The van der Waals surface area contributed by atoms with Gasteiger partial charge in [-0.2, -0.15) is 0 Å². The van der Waals surface area contributed by atoms with Crippen LogP contribution in [0.3, 0.4) is 0 Å². The smallest absolute Gasteiger partial charge is 0.354 e. The zero-order chi connectivity index (χ0) is 11.0. The number of hydrogen-bond donors (Lipinski definition) is 1. The van der Waals surface area contributed by atoms with Crippen LogP contribution in [-0.2, 0) is 11.8 Å². The summed E-state index contributed by atoms with van der Waals surface area (Å²) in [5.41, 5.74) is 7.81. The van der Waals surface area contributed by atoms with E-state index in [0.717, 1.165) is 10.9 Å². The zero-order valence-corrected chi connectivity index (χ0v) is 8.65. The van der Waals surface area contributed by atoms with Crippen molar-refractivity contribution in [1.82, 2.24) is 4.57 Å². The van der Waals surface area contributed by atoms with Crippen LogP contribution in [0.25, 0.3) is 10.9 Å². The minimum absolute atomic E-state index is 0.340. The number of benzene rings is 1. The van der Waals surface area contributed by atoms with E-state index in [9.17, 15) is 4.79 Å². The summed E-state index contributed by atoms with van der Waals surface area (Å²) in [6.07, 6.45) is 0. The molecular weight excluding hydrogens is 192 g/mol. The summed E-state index contributed by atoms with van der Waals surface area (Å²) in [5.74, 6) is -0.340. The molecule has 0 unspecified atom stereocenters. The van der Waals surface area contributed by atoms with Crippen LogP contribution in [-0.4, -0.2) is 17.6 Å². The third-order valence-corrected chi connectivity index (χ3v) is 2.46. The van der Waals surface area contributed by atoms with E-state index in [0.29, 0.717) is 11.4 Å². The van der Waals surface area contributed by atoms with Gasteiger partial charge >= 0.3 is 5.97 Å². The standard InChI is InChI=1S/C11H12N2O2/c1-13-9-6-8(12)4-3-7(9)5-10(13)11(14)15-2/h3-6H,12H2,1-2H3. The third-order valence-electron chi connectivity index (χ3n) is 2.46. The van der Waals surface area contributed by atoms with Crippen molar-refractivity contribution >= 4 is 22.6 Å². The number of rotatable bonds is 1. The predicted octanol–water partition coefficient (Wildman–Crippen LogP) is 1.55. The molecule has 1 aromatic heterocycles. The lowest BCUT2D eigenvalue weighted by molar-refractivity contribution is 0.0590. The maximum atomic E-state index is 11.4. The molecule has 0 spiro atoms. The average molecular weight is 204 g/mol. The van der Waals surface area contributed by atoms with Crippen LogP contribution in [0, 0.1) is 0 Å². The first-order valence-corrected chi connectivity index (χ1v) is 4.56. The molecule has 0 aliphatic carbocycles. The number of anilines is 1. The van der Waals surface area contributed by atoms with E-state index in [1.807, 2.05) is 25.2 Å². The molecule has 0 fully saturated rings. The maximum absolute atomic E-state index is 11.4. The highest BCUT2D eigenvalue weighted by atomic mass is 16.5. The van der Waals surface area contributed by atoms with Crippen molar-refractivity contribution in [2.75, 3.05) is 12.8 Å². The molecule has 0 radical (unpaired) electrons. The second-order valence-electron chi connectivity index (χ2n) is 3.40. The van der Waals surface area contributed by atoms with Gasteiger partial charge in [0.1, 0.15) is 5.69 Å². The molecule has 0 saturated heterocycles. The van der Waals surface area contributed by atoms with Crippen molar-refractivity contribution in [2.24, 2.45) is 7.05 Å². The number of esters is 1. The minimum Gasteiger partial charge on any atom is -0.464 e. The quantitative estimate of drug-likeness (QED) is 0.566. The van der Waals surface area contributed by atoms with Gasteiger partial charge in [0.05, 0.1) is 12.6 Å². The van der Waals surface area contributed by atoms with Gasteiger partial charge in [0.2, 0.25) is 0 Å². The first kappa shape index (κ1) is 9.58. The van der Waals surface area contributed by atoms with Crippen LogP contribution >= 0.6 is 0 Å². The Bertz CT molecular complexity index is 529. The van der Waals surface area contributed by atoms with Crippen molar-refractivity contribution in [1.29, 1.82) is 0 Å². The highest BCUT2D eigenvalue weighted by Crippen LogP contribution is 2.21. The molecule has 0 bridgehead atoms. The van der Waals surface area contributed by atoms with Crippen molar-refractivity contribution < 1.29 is 9.53 Å². The Morgan fingerprint density at radius 2 is 2.13 bits per heavy atom. The number of aryl methyl sites for hydroxylation is 1. The number of ether oxygens (including phenoxy) is 1. The SMILES string of the molecule is COC(=O)c1cc2ccc(N)cc2n1C. The van der Waals surface area contributed by atoms with Gasteiger partial charge in [-0.05, 0) is 18.2 Å². The van der Waals surface area contributed by atoms with Gasteiger partial charge in [0.15, 0.2) is 0 Å². The molecule has 4 nitrogen and oxygen atoms in total. The fourth-order valence-electron chi connectivity index (χ4n) is 1.65. The predicted molar refractivity (Wildman–Crippen MR) is 58.7 cm³/mol. The molecule has 78 valence electrons. The van der Waals surface area contributed by atoms with E-state index >= 15 is 0 Å². The lowest BCUT2D eigenvalue weighted by Crippen LogP contribution is -2.06. The van der Waals surface area contributed by atoms with E-state index in [1.165, 1.54) is 7.11 Å². The number of carbonyl (C=O) groups is 1. The second kappa shape index (κ2) is 3.31. The molecule has 0 saturated carbocycles. The number of nitrogen functional groups attached to an aromatic ring is 1. The van der Waals surface area contributed by atoms with E-state index in [-0.39, 0.29) is 5.97 Å². The fraction of sp³-hybridized carbons (Fsp3) is 0.182. The van der Waals surface area contributed by atoms with E-state index in [4.69, 9.17) is 5.73 Å². The molecule has 0 aliphatic rings. The van der Waals surface area contributed by atoms with E-state index in [2.05, 4.69) is 4.74 Å². The molecule has 0 atom stereocenters. The fourth-order valence-corrected chi connectivity index (χ4v) is 1.65. The van der Waals surface area contributed by atoms with Crippen LogP contribution < -0.4 is 5.73 Å². The third kappa shape index (κ3) is 1.44. The van der Waals surface area contributed by atoms with Gasteiger partial charge < -0.3 is 15.0 Å². The van der Waals surface area contributed by atoms with E-state index < -0.39 is 0 Å². The first-order valence-electron chi connectivity index (χ1n) is 4.56. The lowest BCUT2D eigenvalue weighted by Gasteiger charge is -2.01. The number of aromatic nitrogens is 1. The van der Waals surface area contributed by atoms with Crippen LogP contribution in [0.4, 0.5) is 5.69 Å². The Hall–Kier alpha value is -1.97. The molecule has 2 aromatic rings.